The van der Waals surface area contributed by atoms with Gasteiger partial charge in [0.15, 0.2) is 0 Å². The summed E-state index contributed by atoms with van der Waals surface area (Å²) in [5.41, 5.74) is 6.49. The fourth-order valence-electron chi connectivity index (χ4n) is 2.68. The highest BCUT2D eigenvalue weighted by atomic mass is 32.2. The van der Waals surface area contributed by atoms with Crippen molar-refractivity contribution in [3.63, 3.8) is 0 Å². The van der Waals surface area contributed by atoms with E-state index in [1.807, 2.05) is 6.07 Å². The molecule has 0 saturated carbocycles. The number of halogens is 1. The van der Waals surface area contributed by atoms with E-state index in [2.05, 4.69) is 5.32 Å². The number of carbonyl (C=O) groups excluding carboxylic acids is 2. The maximum absolute atomic E-state index is 13.6. The van der Waals surface area contributed by atoms with Crippen LogP contribution in [0.4, 0.5) is 4.39 Å². The van der Waals surface area contributed by atoms with Crippen molar-refractivity contribution in [2.75, 3.05) is 11.5 Å². The molecule has 2 amide bonds. The molecule has 0 aromatic heterocycles. The van der Waals surface area contributed by atoms with Crippen LogP contribution in [0.5, 0.6) is 0 Å². The molecule has 1 aliphatic rings. The predicted octanol–water partition coefficient (Wildman–Crippen LogP) is 3.37. The highest BCUT2D eigenvalue weighted by molar-refractivity contribution is 8.00. The third kappa shape index (κ3) is 4.35. The lowest BCUT2D eigenvalue weighted by atomic mass is 10.0. The van der Waals surface area contributed by atoms with Gasteiger partial charge < -0.3 is 11.1 Å². The van der Waals surface area contributed by atoms with E-state index in [0.717, 1.165) is 22.6 Å². The van der Waals surface area contributed by atoms with Crippen molar-refractivity contribution in [3.8, 4) is 0 Å². The number of hydrogen-bond donors (Lipinski definition) is 2. The molecule has 7 heteroatoms. The molecule has 2 aromatic rings. The summed E-state index contributed by atoms with van der Waals surface area (Å²) in [6.07, 6.45) is 0.740. The molecule has 0 fully saturated rings. The maximum Gasteiger partial charge on any atom is 0.252 e. The molecule has 3 rings (SSSR count). The molecule has 0 radical (unpaired) electrons. The largest absolute Gasteiger partial charge is 0.369 e. The summed E-state index contributed by atoms with van der Waals surface area (Å²) in [6.45, 7) is 0. The number of amides is 2. The number of hydrogen-bond acceptors (Lipinski definition) is 4. The molecular formula is C18H17FN2O2S2. The Hall–Kier alpha value is -1.99. The molecule has 2 aromatic carbocycles. The van der Waals surface area contributed by atoms with Crippen LogP contribution in [0.3, 0.4) is 0 Å². The minimum absolute atomic E-state index is 0.110. The van der Waals surface area contributed by atoms with Crippen molar-refractivity contribution in [1.29, 1.82) is 0 Å². The molecule has 0 spiro atoms. The van der Waals surface area contributed by atoms with Gasteiger partial charge in [0.25, 0.3) is 5.91 Å². The van der Waals surface area contributed by atoms with Gasteiger partial charge in [-0.1, -0.05) is 12.1 Å². The number of carbonyl (C=O) groups is 2. The standard InChI is InChI=1S/C18H17FN2O2S2/c19-11-5-6-16-13(9-11)14(7-8-24-16)21-18(23)12-3-1-2-4-15(12)25-10-17(20)22/h1-6,9,14H,7-8,10H2,(H2,20,22)(H,21,23). The second-order valence-electron chi connectivity index (χ2n) is 5.60. The van der Waals surface area contributed by atoms with E-state index < -0.39 is 5.91 Å². The molecule has 1 atom stereocenters. The zero-order valence-electron chi connectivity index (χ0n) is 13.3. The summed E-state index contributed by atoms with van der Waals surface area (Å²) in [4.78, 5) is 25.4. The first-order valence-corrected chi connectivity index (χ1v) is 9.75. The van der Waals surface area contributed by atoms with Crippen LogP contribution in [0.25, 0.3) is 0 Å². The number of rotatable bonds is 5. The third-order valence-corrected chi connectivity index (χ3v) is 6.04. The summed E-state index contributed by atoms with van der Waals surface area (Å²) in [7, 11) is 0. The molecule has 3 N–H and O–H groups in total. The summed E-state index contributed by atoms with van der Waals surface area (Å²) in [6, 6.07) is 11.5. The predicted molar refractivity (Wildman–Crippen MR) is 98.3 cm³/mol. The van der Waals surface area contributed by atoms with E-state index in [1.165, 1.54) is 23.9 Å². The molecular weight excluding hydrogens is 359 g/mol. The van der Waals surface area contributed by atoms with E-state index in [4.69, 9.17) is 5.73 Å². The minimum atomic E-state index is -0.436. The lowest BCUT2D eigenvalue weighted by molar-refractivity contribution is -0.115. The smallest absolute Gasteiger partial charge is 0.252 e. The van der Waals surface area contributed by atoms with Gasteiger partial charge in [0.1, 0.15) is 5.82 Å². The van der Waals surface area contributed by atoms with Gasteiger partial charge in [-0.25, -0.2) is 4.39 Å². The number of benzene rings is 2. The Morgan fingerprint density at radius 2 is 2.08 bits per heavy atom. The fraction of sp³-hybridized carbons (Fsp3) is 0.222. The zero-order valence-corrected chi connectivity index (χ0v) is 15.0. The lowest BCUT2D eigenvalue weighted by Crippen LogP contribution is -2.31. The fourth-order valence-corrected chi connectivity index (χ4v) is 4.57. The van der Waals surface area contributed by atoms with Crippen LogP contribution >= 0.6 is 23.5 Å². The molecule has 0 bridgehead atoms. The van der Waals surface area contributed by atoms with Gasteiger partial charge in [-0.2, -0.15) is 0 Å². The number of nitrogens with two attached hydrogens (primary N) is 1. The van der Waals surface area contributed by atoms with Crippen LogP contribution in [0.1, 0.15) is 28.4 Å². The van der Waals surface area contributed by atoms with E-state index >= 15 is 0 Å². The average Bonchev–Trinajstić information content (AvgIpc) is 2.60. The lowest BCUT2D eigenvalue weighted by Gasteiger charge is -2.26. The summed E-state index contributed by atoms with van der Waals surface area (Å²) in [5, 5.41) is 3.00. The Balaban J connectivity index is 1.80. The van der Waals surface area contributed by atoms with Gasteiger partial charge in [-0.05, 0) is 42.3 Å². The van der Waals surface area contributed by atoms with Gasteiger partial charge in [0.05, 0.1) is 17.4 Å². The van der Waals surface area contributed by atoms with E-state index in [-0.39, 0.29) is 23.5 Å². The van der Waals surface area contributed by atoms with Crippen molar-refractivity contribution < 1.29 is 14.0 Å². The summed E-state index contributed by atoms with van der Waals surface area (Å²) >= 11 is 2.90. The summed E-state index contributed by atoms with van der Waals surface area (Å²) < 4.78 is 13.6. The Kier molecular flexibility index (Phi) is 5.65. The van der Waals surface area contributed by atoms with E-state index in [0.29, 0.717) is 10.5 Å². The molecule has 1 aliphatic heterocycles. The first-order chi connectivity index (χ1) is 12.0. The first-order valence-electron chi connectivity index (χ1n) is 7.78. The third-order valence-electron chi connectivity index (χ3n) is 3.82. The van der Waals surface area contributed by atoms with Crippen LogP contribution in [0.2, 0.25) is 0 Å². The SMILES string of the molecule is NC(=O)CSc1ccccc1C(=O)NC1CCSc2ccc(F)cc21. The van der Waals surface area contributed by atoms with Crippen LogP contribution in [0, 0.1) is 5.82 Å². The maximum atomic E-state index is 13.6. The Labute approximate surface area is 153 Å². The number of primary amides is 1. The molecule has 0 saturated heterocycles. The van der Waals surface area contributed by atoms with Gasteiger partial charge >= 0.3 is 0 Å². The van der Waals surface area contributed by atoms with Gasteiger partial charge in [-0.15, -0.1) is 23.5 Å². The average molecular weight is 376 g/mol. The van der Waals surface area contributed by atoms with Crippen LogP contribution in [-0.2, 0) is 4.79 Å². The molecule has 130 valence electrons. The number of fused-ring (bicyclic) bond motifs is 1. The zero-order chi connectivity index (χ0) is 17.8. The molecule has 25 heavy (non-hydrogen) atoms. The van der Waals surface area contributed by atoms with E-state index in [9.17, 15) is 14.0 Å². The van der Waals surface area contributed by atoms with Gasteiger partial charge in [0.2, 0.25) is 5.91 Å². The van der Waals surface area contributed by atoms with Crippen LogP contribution in [-0.4, -0.2) is 23.3 Å². The van der Waals surface area contributed by atoms with Gasteiger partial charge in [-0.3, -0.25) is 9.59 Å². The first kappa shape index (κ1) is 17.8. The molecule has 0 aliphatic carbocycles. The molecule has 1 unspecified atom stereocenters. The summed E-state index contributed by atoms with van der Waals surface area (Å²) in [5.74, 6) is -0.00780. The Bertz CT molecular complexity index is 813. The van der Waals surface area contributed by atoms with Crippen LogP contribution in [0.15, 0.2) is 52.3 Å². The second kappa shape index (κ2) is 7.93. The van der Waals surface area contributed by atoms with E-state index in [1.54, 1.807) is 36.0 Å². The molecule has 4 nitrogen and oxygen atoms in total. The minimum Gasteiger partial charge on any atom is -0.369 e. The van der Waals surface area contributed by atoms with Crippen molar-refractivity contribution in [2.45, 2.75) is 22.3 Å². The second-order valence-corrected chi connectivity index (χ2v) is 7.75. The Morgan fingerprint density at radius 3 is 2.88 bits per heavy atom. The highest BCUT2D eigenvalue weighted by Gasteiger charge is 2.24. The van der Waals surface area contributed by atoms with Crippen molar-refractivity contribution >= 4 is 35.3 Å². The highest BCUT2D eigenvalue weighted by Crippen LogP contribution is 2.36. The number of thioether (sulfide) groups is 2. The quantitative estimate of drug-likeness (QED) is 0.785. The monoisotopic (exact) mass is 376 g/mol. The van der Waals surface area contributed by atoms with Gasteiger partial charge in [0, 0.05) is 15.5 Å². The van der Waals surface area contributed by atoms with Crippen molar-refractivity contribution in [1.82, 2.24) is 5.32 Å². The van der Waals surface area contributed by atoms with Crippen molar-refractivity contribution in [3.05, 3.63) is 59.4 Å². The normalized spacial score (nSPS) is 16.1. The molecule has 1 heterocycles. The Morgan fingerprint density at radius 1 is 1.28 bits per heavy atom. The van der Waals surface area contributed by atoms with Crippen LogP contribution < -0.4 is 11.1 Å². The van der Waals surface area contributed by atoms with Crippen molar-refractivity contribution in [2.24, 2.45) is 5.73 Å². The topological polar surface area (TPSA) is 72.2 Å². The number of nitrogens with one attached hydrogen (secondary N) is 1.